The van der Waals surface area contributed by atoms with Crippen molar-refractivity contribution in [2.75, 3.05) is 6.61 Å². The molecule has 7 rings (SSSR count). The largest absolute Gasteiger partial charge is 0.448 e. The van der Waals surface area contributed by atoms with E-state index in [1.54, 1.807) is 6.20 Å². The lowest BCUT2D eigenvalue weighted by Gasteiger charge is -2.51. The maximum atomic E-state index is 13.5. The molecule has 1 aliphatic carbocycles. The fraction of sp³-hybridized carbons (Fsp3) is 0.333. The number of aromatic nitrogens is 2. The second-order valence-electron chi connectivity index (χ2n) is 10.5. The van der Waals surface area contributed by atoms with Crippen LogP contribution in [0.5, 0.6) is 0 Å². The number of carbonyl (C=O) groups excluding carboxylic acids is 1. The first kappa shape index (κ1) is 21.6. The van der Waals surface area contributed by atoms with Crippen LogP contribution in [-0.4, -0.2) is 44.2 Å². The number of amides is 1. The zero-order valence-electron chi connectivity index (χ0n) is 20.1. The Labute approximate surface area is 210 Å². The lowest BCUT2D eigenvalue weighted by molar-refractivity contribution is -0.0918. The van der Waals surface area contributed by atoms with Crippen molar-refractivity contribution in [3.05, 3.63) is 95.9 Å². The first-order valence-electron chi connectivity index (χ1n) is 12.9. The minimum Gasteiger partial charge on any atom is -0.448 e. The number of imidazole rings is 1. The third-order valence-electron chi connectivity index (χ3n) is 8.46. The van der Waals surface area contributed by atoms with Gasteiger partial charge in [-0.2, -0.15) is 0 Å². The number of ether oxygens (including phenoxy) is 1. The molecule has 0 radical (unpaired) electrons. The second kappa shape index (κ2) is 8.20. The van der Waals surface area contributed by atoms with E-state index in [1.165, 1.54) is 22.3 Å². The van der Waals surface area contributed by atoms with E-state index in [0.717, 1.165) is 30.6 Å². The average molecular weight is 480 g/mol. The maximum Gasteiger partial charge on any atom is 0.410 e. The van der Waals surface area contributed by atoms with Crippen LogP contribution in [0.3, 0.4) is 0 Å². The van der Waals surface area contributed by atoms with Crippen molar-refractivity contribution in [1.29, 1.82) is 0 Å². The molecule has 2 aromatic heterocycles. The number of nitrogens with zero attached hydrogens (tertiary/aromatic N) is 3. The van der Waals surface area contributed by atoms with Gasteiger partial charge in [0.25, 0.3) is 0 Å². The summed E-state index contributed by atoms with van der Waals surface area (Å²) in [7, 11) is 0. The zero-order chi connectivity index (χ0) is 24.3. The van der Waals surface area contributed by atoms with Crippen LogP contribution in [0.2, 0.25) is 0 Å². The molecule has 4 aromatic rings. The Morgan fingerprint density at radius 3 is 2.31 bits per heavy atom. The van der Waals surface area contributed by atoms with Crippen molar-refractivity contribution < 1.29 is 14.6 Å². The summed E-state index contributed by atoms with van der Waals surface area (Å²) in [5, 5.41) is 11.9. The van der Waals surface area contributed by atoms with Crippen molar-refractivity contribution in [1.82, 2.24) is 14.3 Å². The molecule has 6 nitrogen and oxygen atoms in total. The normalized spacial score (nSPS) is 25.0. The minimum atomic E-state index is -1.00. The Morgan fingerprint density at radius 1 is 0.944 bits per heavy atom. The van der Waals surface area contributed by atoms with E-state index >= 15 is 0 Å². The topological polar surface area (TPSA) is 67.1 Å². The van der Waals surface area contributed by atoms with Gasteiger partial charge in [0.05, 0.1) is 5.69 Å². The minimum absolute atomic E-state index is 0.0433. The predicted molar refractivity (Wildman–Crippen MR) is 137 cm³/mol. The number of hydrogen-bond acceptors (Lipinski definition) is 4. The summed E-state index contributed by atoms with van der Waals surface area (Å²) in [5.41, 5.74) is 5.55. The van der Waals surface area contributed by atoms with Crippen molar-refractivity contribution in [2.24, 2.45) is 0 Å². The standard InChI is InChI=1S/C30H29N3O3/c34-29(36-19-26-24-11-3-1-9-22(24)23-10-2-4-12-25(23)26)33-20-7-5-8-21(33)18-30(35,17-20)27-13-6-14-28-31-15-16-32(27)28/h1-4,6,9-16,20-21,26,35H,5,7-8,17-19H2. The Morgan fingerprint density at radius 2 is 1.61 bits per heavy atom. The lowest BCUT2D eigenvalue weighted by Crippen LogP contribution is -2.59. The highest BCUT2D eigenvalue weighted by molar-refractivity contribution is 5.79. The van der Waals surface area contributed by atoms with Crippen molar-refractivity contribution >= 4 is 11.7 Å². The van der Waals surface area contributed by atoms with E-state index < -0.39 is 5.60 Å². The van der Waals surface area contributed by atoms with Crippen LogP contribution >= 0.6 is 0 Å². The van der Waals surface area contributed by atoms with Gasteiger partial charge in [-0.15, -0.1) is 0 Å². The van der Waals surface area contributed by atoms with Gasteiger partial charge in [0.2, 0.25) is 0 Å². The van der Waals surface area contributed by atoms with Crippen LogP contribution in [0.25, 0.3) is 16.8 Å². The molecule has 2 bridgehead atoms. The molecule has 2 saturated heterocycles. The highest BCUT2D eigenvalue weighted by atomic mass is 16.6. The molecule has 3 aliphatic rings. The number of piperidine rings is 2. The summed E-state index contributed by atoms with van der Waals surface area (Å²) in [6.45, 7) is 0.321. The SMILES string of the molecule is O=C(OCC1c2ccccc2-c2ccccc21)N1C2CCCC1CC(O)(c1cccc3nccn13)C2. The van der Waals surface area contributed by atoms with Crippen LogP contribution in [0, 0.1) is 0 Å². The number of benzene rings is 2. The Bertz CT molecular complexity index is 1400. The van der Waals surface area contributed by atoms with Crippen molar-refractivity contribution in [3.8, 4) is 11.1 Å². The van der Waals surface area contributed by atoms with Gasteiger partial charge in [0.1, 0.15) is 17.9 Å². The van der Waals surface area contributed by atoms with Crippen LogP contribution in [0.15, 0.2) is 79.1 Å². The molecule has 2 fully saturated rings. The summed E-state index contributed by atoms with van der Waals surface area (Å²) in [4.78, 5) is 19.8. The molecule has 2 aliphatic heterocycles. The molecule has 2 atom stereocenters. The number of hydrogen-bond donors (Lipinski definition) is 1. The number of carbonyl (C=O) groups is 1. The molecule has 182 valence electrons. The highest BCUT2D eigenvalue weighted by Gasteiger charge is 2.49. The second-order valence-corrected chi connectivity index (χ2v) is 10.5. The summed E-state index contributed by atoms with van der Waals surface area (Å²) >= 11 is 0. The molecule has 6 heteroatoms. The Balaban J connectivity index is 1.12. The fourth-order valence-electron chi connectivity index (χ4n) is 6.93. The third-order valence-corrected chi connectivity index (χ3v) is 8.46. The number of rotatable bonds is 3. The van der Waals surface area contributed by atoms with Gasteiger partial charge in [-0.1, -0.05) is 54.6 Å². The molecule has 0 saturated carbocycles. The predicted octanol–water partition coefficient (Wildman–Crippen LogP) is 5.49. The summed E-state index contributed by atoms with van der Waals surface area (Å²) in [6.07, 6.45) is 7.23. The molecule has 2 unspecified atom stereocenters. The van der Waals surface area contributed by atoms with E-state index in [0.29, 0.717) is 19.4 Å². The van der Waals surface area contributed by atoms with Crippen LogP contribution < -0.4 is 0 Å². The molecular weight excluding hydrogens is 450 g/mol. The molecule has 1 amide bonds. The van der Waals surface area contributed by atoms with Gasteiger partial charge in [-0.05, 0) is 53.6 Å². The van der Waals surface area contributed by atoms with E-state index in [4.69, 9.17) is 4.74 Å². The maximum absolute atomic E-state index is 13.5. The van der Waals surface area contributed by atoms with E-state index in [2.05, 4.69) is 53.5 Å². The van der Waals surface area contributed by atoms with Crippen molar-refractivity contribution in [2.45, 2.75) is 55.7 Å². The fourth-order valence-corrected chi connectivity index (χ4v) is 6.93. The average Bonchev–Trinajstić information content (AvgIpc) is 3.49. The van der Waals surface area contributed by atoms with Gasteiger partial charge >= 0.3 is 6.09 Å². The van der Waals surface area contributed by atoms with Gasteiger partial charge in [0, 0.05) is 43.2 Å². The van der Waals surface area contributed by atoms with Crippen LogP contribution in [0.1, 0.15) is 54.8 Å². The van der Waals surface area contributed by atoms with Crippen molar-refractivity contribution in [3.63, 3.8) is 0 Å². The monoisotopic (exact) mass is 479 g/mol. The van der Waals surface area contributed by atoms with E-state index in [9.17, 15) is 9.90 Å². The summed E-state index contributed by atoms with van der Waals surface area (Å²) in [6, 6.07) is 22.6. The van der Waals surface area contributed by atoms with E-state index in [-0.39, 0.29) is 24.1 Å². The smallest absolute Gasteiger partial charge is 0.410 e. The Hall–Kier alpha value is -3.64. The zero-order valence-corrected chi connectivity index (χ0v) is 20.1. The first-order valence-corrected chi connectivity index (χ1v) is 12.9. The van der Waals surface area contributed by atoms with Gasteiger partial charge in [0.15, 0.2) is 0 Å². The first-order chi connectivity index (χ1) is 17.6. The Kier molecular flexibility index (Phi) is 4.93. The highest BCUT2D eigenvalue weighted by Crippen LogP contribution is 2.46. The van der Waals surface area contributed by atoms with Gasteiger partial charge < -0.3 is 19.1 Å². The quantitative estimate of drug-likeness (QED) is 0.422. The van der Waals surface area contributed by atoms with Crippen LogP contribution in [-0.2, 0) is 10.3 Å². The summed E-state index contributed by atoms with van der Waals surface area (Å²) in [5.74, 6) is 0.0433. The number of aliphatic hydroxyl groups is 1. The van der Waals surface area contributed by atoms with E-state index in [1.807, 2.05) is 33.7 Å². The lowest BCUT2D eigenvalue weighted by atomic mass is 9.74. The molecule has 2 aromatic carbocycles. The molecule has 0 spiro atoms. The number of fused-ring (bicyclic) bond motifs is 6. The summed E-state index contributed by atoms with van der Waals surface area (Å²) < 4.78 is 8.01. The molecule has 36 heavy (non-hydrogen) atoms. The van der Waals surface area contributed by atoms with Gasteiger partial charge in [-0.3, -0.25) is 0 Å². The molecule has 1 N–H and O–H groups in total. The molecular formula is C30H29N3O3. The number of pyridine rings is 1. The molecule has 4 heterocycles. The third kappa shape index (κ3) is 3.28. The van der Waals surface area contributed by atoms with Gasteiger partial charge in [-0.25, -0.2) is 9.78 Å². The van der Waals surface area contributed by atoms with Crippen LogP contribution in [0.4, 0.5) is 4.79 Å².